The molecule has 2 aliphatic rings. The first kappa shape index (κ1) is 15.1. The normalized spacial score (nSPS) is 23.7. The Hall–Kier alpha value is -2.50. The zero-order valence-corrected chi connectivity index (χ0v) is 13.6. The zero-order valence-electron chi connectivity index (χ0n) is 13.6. The first-order valence-corrected chi connectivity index (χ1v) is 8.54. The lowest BCUT2D eigenvalue weighted by Gasteiger charge is -2.22. The second-order valence-electron chi connectivity index (χ2n) is 6.48. The number of anilines is 1. The van der Waals surface area contributed by atoms with Crippen molar-refractivity contribution in [3.8, 4) is 0 Å². The Bertz CT molecular complexity index is 693. The van der Waals surface area contributed by atoms with Crippen molar-refractivity contribution in [1.82, 2.24) is 20.1 Å². The number of hydrogen-bond acceptors (Lipinski definition) is 5. The van der Waals surface area contributed by atoms with Gasteiger partial charge in [-0.2, -0.15) is 5.10 Å². The van der Waals surface area contributed by atoms with E-state index >= 15 is 0 Å². The van der Waals surface area contributed by atoms with Gasteiger partial charge < -0.3 is 9.80 Å². The van der Waals surface area contributed by atoms with E-state index in [4.69, 9.17) is 0 Å². The highest BCUT2D eigenvalue weighted by atomic mass is 16.2. The summed E-state index contributed by atoms with van der Waals surface area (Å²) < 4.78 is 0. The van der Waals surface area contributed by atoms with Crippen LogP contribution in [0.1, 0.15) is 24.3 Å². The summed E-state index contributed by atoms with van der Waals surface area (Å²) in [5.41, 5.74) is 1.19. The van der Waals surface area contributed by atoms with Crippen molar-refractivity contribution in [2.24, 2.45) is 5.92 Å². The predicted octanol–water partition coefficient (Wildman–Crippen LogP) is 1.71. The Labute approximate surface area is 141 Å². The Morgan fingerprint density at radius 1 is 1.08 bits per heavy atom. The number of nitrogens with zero attached hydrogens (tertiary/aromatic N) is 5. The maximum atomic E-state index is 12.8. The molecule has 6 heteroatoms. The zero-order chi connectivity index (χ0) is 16.4. The summed E-state index contributed by atoms with van der Waals surface area (Å²) in [5.74, 6) is 1.68. The average Bonchev–Trinajstić information content (AvgIpc) is 3.46. The van der Waals surface area contributed by atoms with Crippen molar-refractivity contribution < 1.29 is 4.79 Å². The van der Waals surface area contributed by atoms with Crippen LogP contribution in [-0.4, -0.2) is 52.2 Å². The number of pyridine rings is 1. The molecule has 0 radical (unpaired) electrons. The molecule has 1 saturated heterocycles. The summed E-state index contributed by atoms with van der Waals surface area (Å²) in [5, 5.41) is 8.13. The van der Waals surface area contributed by atoms with Crippen LogP contribution in [0.3, 0.4) is 0 Å². The molecule has 1 saturated carbocycles. The Morgan fingerprint density at radius 3 is 2.79 bits per heavy atom. The van der Waals surface area contributed by atoms with Crippen LogP contribution in [0.15, 0.2) is 42.9 Å². The molecule has 124 valence electrons. The van der Waals surface area contributed by atoms with Gasteiger partial charge in [-0.1, -0.05) is 6.07 Å². The molecular formula is C18H21N5O. The average molecular weight is 323 g/mol. The first-order chi connectivity index (χ1) is 11.8. The summed E-state index contributed by atoms with van der Waals surface area (Å²) in [6.07, 6.45) is 7.26. The fourth-order valence-electron chi connectivity index (χ4n) is 3.50. The lowest BCUT2D eigenvalue weighted by molar-refractivity contribution is -0.132. The molecule has 1 aliphatic heterocycles. The van der Waals surface area contributed by atoms with Crippen molar-refractivity contribution in [2.45, 2.75) is 18.8 Å². The van der Waals surface area contributed by atoms with E-state index in [0.29, 0.717) is 11.8 Å². The van der Waals surface area contributed by atoms with E-state index < -0.39 is 0 Å². The van der Waals surface area contributed by atoms with Gasteiger partial charge in [-0.3, -0.25) is 9.78 Å². The van der Waals surface area contributed by atoms with Gasteiger partial charge in [0.1, 0.15) is 0 Å². The van der Waals surface area contributed by atoms with Crippen molar-refractivity contribution in [1.29, 1.82) is 0 Å². The third-order valence-electron chi connectivity index (χ3n) is 4.91. The largest absolute Gasteiger partial charge is 0.353 e. The second kappa shape index (κ2) is 6.55. The highest BCUT2D eigenvalue weighted by molar-refractivity contribution is 5.83. The van der Waals surface area contributed by atoms with E-state index in [0.717, 1.165) is 44.8 Å². The van der Waals surface area contributed by atoms with Crippen LogP contribution in [-0.2, 0) is 4.79 Å². The van der Waals surface area contributed by atoms with Gasteiger partial charge >= 0.3 is 0 Å². The minimum absolute atomic E-state index is 0.136. The summed E-state index contributed by atoms with van der Waals surface area (Å²) in [4.78, 5) is 21.2. The van der Waals surface area contributed by atoms with Crippen LogP contribution in [0, 0.1) is 5.92 Å². The molecular weight excluding hydrogens is 302 g/mol. The number of carbonyl (C=O) groups is 1. The van der Waals surface area contributed by atoms with Gasteiger partial charge in [-0.05, 0) is 42.5 Å². The number of aromatic nitrogens is 3. The Morgan fingerprint density at radius 2 is 2.00 bits per heavy atom. The van der Waals surface area contributed by atoms with E-state index in [1.807, 2.05) is 29.3 Å². The molecule has 1 amide bonds. The van der Waals surface area contributed by atoms with Crippen molar-refractivity contribution in [3.05, 3.63) is 48.4 Å². The van der Waals surface area contributed by atoms with Gasteiger partial charge in [0.15, 0.2) is 5.82 Å². The van der Waals surface area contributed by atoms with Crippen molar-refractivity contribution >= 4 is 11.7 Å². The molecule has 0 N–H and O–H groups in total. The molecule has 0 unspecified atom stereocenters. The van der Waals surface area contributed by atoms with E-state index in [1.165, 1.54) is 5.56 Å². The predicted molar refractivity (Wildman–Crippen MR) is 90.5 cm³/mol. The molecule has 24 heavy (non-hydrogen) atoms. The Balaban J connectivity index is 1.37. The summed E-state index contributed by atoms with van der Waals surface area (Å²) in [6, 6.07) is 7.89. The van der Waals surface area contributed by atoms with E-state index in [9.17, 15) is 4.79 Å². The molecule has 2 atom stereocenters. The summed E-state index contributed by atoms with van der Waals surface area (Å²) in [6.45, 7) is 3.31. The smallest absolute Gasteiger partial charge is 0.226 e. The molecule has 2 aromatic heterocycles. The van der Waals surface area contributed by atoms with Gasteiger partial charge in [-0.15, -0.1) is 5.10 Å². The van der Waals surface area contributed by atoms with Crippen LogP contribution < -0.4 is 4.90 Å². The number of amides is 1. The lowest BCUT2D eigenvalue weighted by atomic mass is 10.1. The molecule has 2 fully saturated rings. The molecule has 0 spiro atoms. The molecule has 0 bridgehead atoms. The molecule has 1 aliphatic carbocycles. The van der Waals surface area contributed by atoms with Crippen LogP contribution in [0.4, 0.5) is 5.82 Å². The van der Waals surface area contributed by atoms with Gasteiger partial charge in [0.25, 0.3) is 0 Å². The molecule has 4 rings (SSSR count). The first-order valence-electron chi connectivity index (χ1n) is 8.54. The highest BCUT2D eigenvalue weighted by Gasteiger charge is 2.45. The topological polar surface area (TPSA) is 62.2 Å². The van der Waals surface area contributed by atoms with Crippen LogP contribution >= 0.6 is 0 Å². The molecule has 6 nitrogen and oxygen atoms in total. The van der Waals surface area contributed by atoms with Crippen LogP contribution in [0.5, 0.6) is 0 Å². The van der Waals surface area contributed by atoms with Gasteiger partial charge in [-0.25, -0.2) is 0 Å². The molecule has 0 aromatic carbocycles. The van der Waals surface area contributed by atoms with E-state index in [-0.39, 0.29) is 5.92 Å². The van der Waals surface area contributed by atoms with Gasteiger partial charge in [0.2, 0.25) is 5.91 Å². The number of rotatable bonds is 3. The maximum absolute atomic E-state index is 12.8. The third kappa shape index (κ3) is 3.09. The fraction of sp³-hybridized carbons (Fsp3) is 0.444. The van der Waals surface area contributed by atoms with Crippen molar-refractivity contribution in [3.63, 3.8) is 0 Å². The van der Waals surface area contributed by atoms with Crippen LogP contribution in [0.2, 0.25) is 0 Å². The van der Waals surface area contributed by atoms with Crippen LogP contribution in [0.25, 0.3) is 0 Å². The third-order valence-corrected chi connectivity index (χ3v) is 4.91. The monoisotopic (exact) mass is 323 g/mol. The quantitative estimate of drug-likeness (QED) is 0.860. The van der Waals surface area contributed by atoms with Crippen molar-refractivity contribution in [2.75, 3.05) is 31.1 Å². The maximum Gasteiger partial charge on any atom is 0.226 e. The molecule has 2 aromatic rings. The second-order valence-corrected chi connectivity index (χ2v) is 6.48. The van der Waals surface area contributed by atoms with Gasteiger partial charge in [0.05, 0.1) is 0 Å². The minimum atomic E-state index is 0.136. The minimum Gasteiger partial charge on any atom is -0.353 e. The fourth-order valence-corrected chi connectivity index (χ4v) is 3.50. The van der Waals surface area contributed by atoms with E-state index in [1.54, 1.807) is 12.4 Å². The molecule has 3 heterocycles. The summed E-state index contributed by atoms with van der Waals surface area (Å²) in [7, 11) is 0. The van der Waals surface area contributed by atoms with E-state index in [2.05, 4.69) is 26.1 Å². The Kier molecular flexibility index (Phi) is 4.11. The number of hydrogen-bond donors (Lipinski definition) is 0. The standard InChI is InChI=1S/C18H21N5O/c24-18(16-12-15(16)14-4-1-6-19-13-14)23-9-3-8-22(10-11-23)17-5-2-7-20-21-17/h1-2,4-7,13,15-16H,3,8-12H2/t15-,16+/m1/s1. The van der Waals surface area contributed by atoms with Gasteiger partial charge in [0, 0.05) is 50.7 Å². The lowest BCUT2D eigenvalue weighted by Crippen LogP contribution is -2.36. The highest BCUT2D eigenvalue weighted by Crippen LogP contribution is 2.48. The SMILES string of the molecule is O=C([C@H]1C[C@@H]1c1cccnc1)N1CCCN(c2cccnn2)CC1. The number of carbonyl (C=O) groups excluding carboxylic acids is 1. The summed E-state index contributed by atoms with van der Waals surface area (Å²) >= 11 is 0.